The Morgan fingerprint density at radius 2 is 2.05 bits per heavy atom. The van der Waals surface area contributed by atoms with E-state index in [2.05, 4.69) is 10.6 Å². The van der Waals surface area contributed by atoms with Gasteiger partial charge in [0.15, 0.2) is 0 Å². The molecule has 0 atom stereocenters. The number of carbonyl (C=O) groups is 1. The fourth-order valence-electron chi connectivity index (χ4n) is 1.58. The lowest BCUT2D eigenvalue weighted by atomic mass is 10.1. The van der Waals surface area contributed by atoms with Crippen molar-refractivity contribution in [3.8, 4) is 0 Å². The third-order valence-electron chi connectivity index (χ3n) is 2.59. The highest BCUT2D eigenvalue weighted by molar-refractivity contribution is 5.95. The first-order valence-corrected chi connectivity index (χ1v) is 6.08. The highest BCUT2D eigenvalue weighted by atomic mass is 16.6. The minimum absolute atomic E-state index is 0.135. The van der Waals surface area contributed by atoms with E-state index in [1.165, 1.54) is 12.1 Å². The first-order valence-electron chi connectivity index (χ1n) is 6.08. The van der Waals surface area contributed by atoms with Crippen molar-refractivity contribution in [2.45, 2.75) is 13.0 Å². The number of amides is 1. The van der Waals surface area contributed by atoms with Crippen molar-refractivity contribution in [2.75, 3.05) is 25.1 Å². The minimum atomic E-state index is -0.705. The molecule has 1 aromatic rings. The summed E-state index contributed by atoms with van der Waals surface area (Å²) in [4.78, 5) is 22.0. The summed E-state index contributed by atoms with van der Waals surface area (Å²) in [5.74, 6) is -0.400. The SMILES string of the molecule is CCNC(=O)c1ccc(NC(CO)CO)c([N+](=O)[O-])c1. The second-order valence-corrected chi connectivity index (χ2v) is 4.05. The molecule has 1 aromatic carbocycles. The Kier molecular flexibility index (Phi) is 5.88. The number of aliphatic hydroxyl groups excluding tert-OH is 2. The number of aliphatic hydroxyl groups is 2. The molecule has 0 aliphatic carbocycles. The normalized spacial score (nSPS) is 10.4. The van der Waals surface area contributed by atoms with Crippen LogP contribution in [0.25, 0.3) is 0 Å². The molecule has 1 amide bonds. The van der Waals surface area contributed by atoms with Gasteiger partial charge >= 0.3 is 0 Å². The number of nitro benzene ring substituents is 1. The maximum absolute atomic E-state index is 11.6. The van der Waals surface area contributed by atoms with E-state index in [0.717, 1.165) is 6.07 Å². The number of hydrogen-bond acceptors (Lipinski definition) is 6. The van der Waals surface area contributed by atoms with Gasteiger partial charge in [0.05, 0.1) is 24.2 Å². The van der Waals surface area contributed by atoms with Gasteiger partial charge in [0, 0.05) is 18.2 Å². The van der Waals surface area contributed by atoms with Crippen molar-refractivity contribution >= 4 is 17.3 Å². The molecule has 0 unspecified atom stereocenters. The van der Waals surface area contributed by atoms with E-state index in [-0.39, 0.29) is 30.2 Å². The van der Waals surface area contributed by atoms with Crippen LogP contribution in [0, 0.1) is 10.1 Å². The average Bonchev–Trinajstić information content (AvgIpc) is 2.44. The number of rotatable bonds is 7. The Morgan fingerprint density at radius 3 is 2.55 bits per heavy atom. The number of nitrogens with zero attached hydrogens (tertiary/aromatic N) is 1. The van der Waals surface area contributed by atoms with Crippen molar-refractivity contribution in [3.63, 3.8) is 0 Å². The Hall–Kier alpha value is -2.19. The van der Waals surface area contributed by atoms with E-state index >= 15 is 0 Å². The van der Waals surface area contributed by atoms with Crippen molar-refractivity contribution in [1.29, 1.82) is 0 Å². The van der Waals surface area contributed by atoms with Crippen LogP contribution in [-0.2, 0) is 0 Å². The quantitative estimate of drug-likeness (QED) is 0.416. The zero-order valence-electron chi connectivity index (χ0n) is 11.0. The van der Waals surface area contributed by atoms with Crippen LogP contribution in [0.4, 0.5) is 11.4 Å². The van der Waals surface area contributed by atoms with Gasteiger partial charge in [-0.15, -0.1) is 0 Å². The molecular weight excluding hydrogens is 266 g/mol. The summed E-state index contributed by atoms with van der Waals surface area (Å²) in [6, 6.07) is 3.26. The predicted molar refractivity (Wildman–Crippen MR) is 72.7 cm³/mol. The van der Waals surface area contributed by atoms with E-state index < -0.39 is 16.9 Å². The third kappa shape index (κ3) is 3.90. The molecule has 4 N–H and O–H groups in total. The lowest BCUT2D eigenvalue weighted by Gasteiger charge is -2.15. The van der Waals surface area contributed by atoms with Crippen LogP contribution in [0.3, 0.4) is 0 Å². The lowest BCUT2D eigenvalue weighted by molar-refractivity contribution is -0.384. The van der Waals surface area contributed by atoms with Gasteiger partial charge in [-0.1, -0.05) is 0 Å². The van der Waals surface area contributed by atoms with Crippen LogP contribution in [-0.4, -0.2) is 46.8 Å². The smallest absolute Gasteiger partial charge is 0.293 e. The molecule has 0 aliphatic rings. The summed E-state index contributed by atoms with van der Waals surface area (Å²) in [7, 11) is 0. The van der Waals surface area contributed by atoms with Crippen molar-refractivity contribution in [3.05, 3.63) is 33.9 Å². The number of nitrogens with one attached hydrogen (secondary N) is 2. The van der Waals surface area contributed by atoms with Crippen LogP contribution in [0.5, 0.6) is 0 Å². The molecule has 0 radical (unpaired) electrons. The molecule has 1 rings (SSSR count). The first kappa shape index (κ1) is 15.9. The van der Waals surface area contributed by atoms with Crippen LogP contribution in [0.1, 0.15) is 17.3 Å². The van der Waals surface area contributed by atoms with Gasteiger partial charge in [0.25, 0.3) is 11.6 Å². The second kappa shape index (κ2) is 7.41. The largest absolute Gasteiger partial charge is 0.394 e. The van der Waals surface area contributed by atoms with E-state index in [0.29, 0.717) is 6.54 Å². The number of hydrogen-bond donors (Lipinski definition) is 4. The molecule has 0 heterocycles. The van der Waals surface area contributed by atoms with Crippen LogP contribution in [0.15, 0.2) is 18.2 Å². The molecule has 8 nitrogen and oxygen atoms in total. The molecule has 0 aromatic heterocycles. The van der Waals surface area contributed by atoms with E-state index in [1.807, 2.05) is 0 Å². The molecule has 8 heteroatoms. The van der Waals surface area contributed by atoms with Gasteiger partial charge in [-0.25, -0.2) is 0 Å². The molecule has 20 heavy (non-hydrogen) atoms. The molecule has 0 saturated heterocycles. The summed E-state index contributed by atoms with van der Waals surface area (Å²) >= 11 is 0. The summed E-state index contributed by atoms with van der Waals surface area (Å²) in [5.41, 5.74) is 0.0189. The van der Waals surface area contributed by atoms with Gasteiger partial charge in [-0.3, -0.25) is 14.9 Å². The van der Waals surface area contributed by atoms with Gasteiger partial charge < -0.3 is 20.8 Å². The Morgan fingerprint density at radius 1 is 1.40 bits per heavy atom. The third-order valence-corrected chi connectivity index (χ3v) is 2.59. The first-order chi connectivity index (χ1) is 9.53. The number of anilines is 1. The zero-order chi connectivity index (χ0) is 15.1. The standard InChI is InChI=1S/C12H17N3O5/c1-2-13-12(18)8-3-4-10(11(5-8)15(19)20)14-9(6-16)7-17/h3-5,9,14,16-17H,2,6-7H2,1H3,(H,13,18). The lowest BCUT2D eigenvalue weighted by Crippen LogP contribution is -2.28. The second-order valence-electron chi connectivity index (χ2n) is 4.05. The molecule has 110 valence electrons. The number of carbonyl (C=O) groups excluding carboxylic acids is 1. The average molecular weight is 283 g/mol. The van der Waals surface area contributed by atoms with Crippen LogP contribution < -0.4 is 10.6 Å². The van der Waals surface area contributed by atoms with Gasteiger partial charge in [-0.2, -0.15) is 0 Å². The van der Waals surface area contributed by atoms with E-state index in [9.17, 15) is 14.9 Å². The Balaban J connectivity index is 3.07. The van der Waals surface area contributed by atoms with Crippen molar-refractivity contribution < 1.29 is 19.9 Å². The number of benzene rings is 1. The van der Waals surface area contributed by atoms with Crippen molar-refractivity contribution in [2.24, 2.45) is 0 Å². The van der Waals surface area contributed by atoms with Crippen LogP contribution >= 0.6 is 0 Å². The molecule has 0 spiro atoms. The Labute approximate surface area is 115 Å². The van der Waals surface area contributed by atoms with Gasteiger partial charge in [0.2, 0.25) is 0 Å². The zero-order valence-corrected chi connectivity index (χ0v) is 11.0. The van der Waals surface area contributed by atoms with E-state index in [1.54, 1.807) is 6.92 Å². The molecule has 0 bridgehead atoms. The predicted octanol–water partition coefficient (Wildman–Crippen LogP) is 0.110. The maximum atomic E-state index is 11.6. The summed E-state index contributed by atoms with van der Waals surface area (Å²) in [6.45, 7) is 1.43. The Bertz CT molecular complexity index is 488. The van der Waals surface area contributed by atoms with Crippen LogP contribution in [0.2, 0.25) is 0 Å². The fourth-order valence-corrected chi connectivity index (χ4v) is 1.58. The summed E-state index contributed by atoms with van der Waals surface area (Å²) < 4.78 is 0. The van der Waals surface area contributed by atoms with Gasteiger partial charge in [0.1, 0.15) is 5.69 Å². The monoisotopic (exact) mass is 283 g/mol. The molecule has 0 fully saturated rings. The topological polar surface area (TPSA) is 125 Å². The fraction of sp³-hybridized carbons (Fsp3) is 0.417. The molecule has 0 aliphatic heterocycles. The highest BCUT2D eigenvalue weighted by Crippen LogP contribution is 2.26. The minimum Gasteiger partial charge on any atom is -0.394 e. The summed E-state index contributed by atoms with van der Waals surface area (Å²) in [5, 5.41) is 34.2. The molecule has 0 saturated carbocycles. The number of nitro groups is 1. The molecular formula is C12H17N3O5. The highest BCUT2D eigenvalue weighted by Gasteiger charge is 2.19. The summed E-state index contributed by atoms with van der Waals surface area (Å²) in [6.07, 6.45) is 0. The van der Waals surface area contributed by atoms with Gasteiger partial charge in [-0.05, 0) is 19.1 Å². The maximum Gasteiger partial charge on any atom is 0.293 e. The van der Waals surface area contributed by atoms with E-state index in [4.69, 9.17) is 10.2 Å². The van der Waals surface area contributed by atoms with Crippen molar-refractivity contribution in [1.82, 2.24) is 5.32 Å².